The van der Waals surface area contributed by atoms with Gasteiger partial charge in [-0.1, -0.05) is 13.8 Å². The molecule has 0 spiro atoms. The molecule has 2 rings (SSSR count). The molecular weight excluding hydrogens is 293 g/mol. The Morgan fingerprint density at radius 2 is 2.00 bits per heavy atom. The van der Waals surface area contributed by atoms with Crippen LogP contribution >= 0.6 is 28.3 Å². The fourth-order valence-corrected chi connectivity index (χ4v) is 1.89. The summed E-state index contributed by atoms with van der Waals surface area (Å²) in [7, 11) is 0. The van der Waals surface area contributed by atoms with Gasteiger partial charge in [-0.3, -0.25) is 5.32 Å². The fourth-order valence-electron chi connectivity index (χ4n) is 1.58. The molecule has 92 valence electrons. The summed E-state index contributed by atoms with van der Waals surface area (Å²) in [5.74, 6) is 0.810. The Labute approximate surface area is 110 Å². The van der Waals surface area contributed by atoms with E-state index in [-0.39, 0.29) is 17.8 Å². The molecule has 1 fully saturated rings. The van der Waals surface area contributed by atoms with Crippen molar-refractivity contribution < 1.29 is 9.15 Å². The Bertz CT molecular complexity index is 355. The first-order chi connectivity index (χ1) is 6.91. The molecule has 3 nitrogen and oxygen atoms in total. The molecule has 0 saturated carbocycles. The Hall–Kier alpha value is -0.0300. The van der Waals surface area contributed by atoms with Crippen molar-refractivity contribution in [1.29, 1.82) is 0 Å². The molecule has 16 heavy (non-hydrogen) atoms. The second-order valence-electron chi connectivity index (χ2n) is 4.94. The minimum Gasteiger partial charge on any atom is -0.450 e. The second-order valence-corrected chi connectivity index (χ2v) is 5.73. The quantitative estimate of drug-likeness (QED) is 0.864. The maximum absolute atomic E-state index is 5.85. The van der Waals surface area contributed by atoms with Gasteiger partial charge in [-0.15, -0.1) is 12.4 Å². The fraction of sp³-hybridized carbons (Fsp3) is 0.636. The van der Waals surface area contributed by atoms with E-state index in [0.29, 0.717) is 0 Å². The lowest BCUT2D eigenvalue weighted by molar-refractivity contribution is -0.142. The van der Waals surface area contributed by atoms with E-state index >= 15 is 0 Å². The number of ether oxygens (including phenoxy) is 1. The van der Waals surface area contributed by atoms with Crippen LogP contribution < -0.4 is 5.32 Å². The average Bonchev–Trinajstić information content (AvgIpc) is 2.59. The maximum Gasteiger partial charge on any atom is 0.175 e. The highest BCUT2D eigenvalue weighted by molar-refractivity contribution is 9.10. The minimum atomic E-state index is -0.498. The third-order valence-corrected chi connectivity index (χ3v) is 3.13. The first-order valence-corrected chi connectivity index (χ1v) is 5.85. The molecule has 0 aliphatic carbocycles. The predicted molar refractivity (Wildman–Crippen MR) is 68.7 cm³/mol. The molecule has 1 saturated heterocycles. The first kappa shape index (κ1) is 14.0. The molecule has 0 amide bonds. The predicted octanol–water partition coefficient (Wildman–Crippen LogP) is 3.28. The van der Waals surface area contributed by atoms with Crippen molar-refractivity contribution in [3.63, 3.8) is 0 Å². The standard InChI is InChI=1S/C11H16BrNO2.ClH/c1-10(2)6-13-11(3,14-7-10)8-4-5-9(12)15-8;/h4-5,13H,6-7H2,1-3H3;1H. The van der Waals surface area contributed by atoms with Gasteiger partial charge in [0.15, 0.2) is 16.2 Å². The van der Waals surface area contributed by atoms with Crippen LogP contribution in [0.15, 0.2) is 21.2 Å². The van der Waals surface area contributed by atoms with Crippen LogP contribution in [0, 0.1) is 5.41 Å². The molecule has 1 N–H and O–H groups in total. The van der Waals surface area contributed by atoms with Crippen molar-refractivity contribution in [3.8, 4) is 0 Å². The van der Waals surface area contributed by atoms with Crippen molar-refractivity contribution in [3.05, 3.63) is 22.6 Å². The summed E-state index contributed by atoms with van der Waals surface area (Å²) in [5.41, 5.74) is -0.315. The number of rotatable bonds is 1. The summed E-state index contributed by atoms with van der Waals surface area (Å²) >= 11 is 3.30. The zero-order chi connectivity index (χ0) is 11.1. The van der Waals surface area contributed by atoms with Gasteiger partial charge in [0.2, 0.25) is 0 Å². The Morgan fingerprint density at radius 1 is 1.31 bits per heavy atom. The third kappa shape index (κ3) is 2.80. The number of nitrogens with one attached hydrogen (secondary N) is 1. The van der Waals surface area contributed by atoms with Gasteiger partial charge in [0.05, 0.1) is 6.61 Å². The lowest BCUT2D eigenvalue weighted by Gasteiger charge is -2.41. The van der Waals surface area contributed by atoms with Crippen molar-refractivity contribution in [2.75, 3.05) is 13.2 Å². The van der Waals surface area contributed by atoms with Crippen molar-refractivity contribution in [2.24, 2.45) is 5.41 Å². The van der Waals surface area contributed by atoms with Gasteiger partial charge in [-0.05, 0) is 35.0 Å². The second kappa shape index (κ2) is 4.69. The van der Waals surface area contributed by atoms with Crippen LogP contribution in [0.4, 0.5) is 0 Å². The summed E-state index contributed by atoms with van der Waals surface area (Å²) < 4.78 is 12.1. The van der Waals surface area contributed by atoms with E-state index in [2.05, 4.69) is 35.1 Å². The van der Waals surface area contributed by atoms with Gasteiger partial charge in [0, 0.05) is 12.0 Å². The van der Waals surface area contributed by atoms with Crippen LogP contribution in [0.25, 0.3) is 0 Å². The van der Waals surface area contributed by atoms with Gasteiger partial charge >= 0.3 is 0 Å². The monoisotopic (exact) mass is 309 g/mol. The number of halogens is 2. The van der Waals surface area contributed by atoms with Crippen LogP contribution in [0.1, 0.15) is 26.5 Å². The van der Waals surface area contributed by atoms with Gasteiger partial charge < -0.3 is 9.15 Å². The van der Waals surface area contributed by atoms with Crippen LogP contribution in [0.2, 0.25) is 0 Å². The van der Waals surface area contributed by atoms with E-state index in [4.69, 9.17) is 9.15 Å². The van der Waals surface area contributed by atoms with Crippen molar-refractivity contribution >= 4 is 28.3 Å². The van der Waals surface area contributed by atoms with E-state index in [1.807, 2.05) is 19.1 Å². The van der Waals surface area contributed by atoms with Crippen molar-refractivity contribution in [2.45, 2.75) is 26.5 Å². The molecule has 1 aliphatic rings. The summed E-state index contributed by atoms with van der Waals surface area (Å²) in [4.78, 5) is 0. The number of hydrogen-bond acceptors (Lipinski definition) is 3. The largest absolute Gasteiger partial charge is 0.450 e. The molecule has 5 heteroatoms. The molecular formula is C11H17BrClNO2. The van der Waals surface area contributed by atoms with Crippen LogP contribution in [0.5, 0.6) is 0 Å². The summed E-state index contributed by atoms with van der Waals surface area (Å²) in [6.07, 6.45) is 0. The molecule has 0 radical (unpaired) electrons. The van der Waals surface area contributed by atoms with E-state index in [1.165, 1.54) is 0 Å². The summed E-state index contributed by atoms with van der Waals surface area (Å²) in [5, 5.41) is 3.38. The zero-order valence-corrected chi connectivity index (χ0v) is 12.1. The Morgan fingerprint density at radius 3 is 2.44 bits per heavy atom. The van der Waals surface area contributed by atoms with Gasteiger partial charge in [-0.2, -0.15) is 0 Å². The Balaban J connectivity index is 0.00000128. The Kier molecular flexibility index (Phi) is 4.11. The van der Waals surface area contributed by atoms with Gasteiger partial charge in [0.25, 0.3) is 0 Å². The highest BCUT2D eigenvalue weighted by Gasteiger charge is 2.38. The average molecular weight is 311 g/mol. The van der Waals surface area contributed by atoms with E-state index in [9.17, 15) is 0 Å². The lowest BCUT2D eigenvalue weighted by Crippen LogP contribution is -2.53. The van der Waals surface area contributed by atoms with Crippen LogP contribution in [-0.2, 0) is 10.5 Å². The smallest absolute Gasteiger partial charge is 0.175 e. The topological polar surface area (TPSA) is 34.4 Å². The molecule has 1 aliphatic heterocycles. The number of hydrogen-bond donors (Lipinski definition) is 1. The minimum absolute atomic E-state index is 0. The highest BCUT2D eigenvalue weighted by Crippen LogP contribution is 2.32. The molecule has 1 atom stereocenters. The van der Waals surface area contributed by atoms with Gasteiger partial charge in [0.1, 0.15) is 0 Å². The third-order valence-electron chi connectivity index (χ3n) is 2.70. The highest BCUT2D eigenvalue weighted by atomic mass is 79.9. The van der Waals surface area contributed by atoms with Gasteiger partial charge in [-0.25, -0.2) is 0 Å². The molecule has 1 aromatic rings. The lowest BCUT2D eigenvalue weighted by atomic mass is 9.92. The first-order valence-electron chi connectivity index (χ1n) is 5.06. The zero-order valence-electron chi connectivity index (χ0n) is 9.67. The molecule has 0 aromatic carbocycles. The van der Waals surface area contributed by atoms with Crippen molar-refractivity contribution in [1.82, 2.24) is 5.32 Å². The molecule has 2 heterocycles. The molecule has 1 unspecified atom stereocenters. The maximum atomic E-state index is 5.85. The van der Waals surface area contributed by atoms with E-state index in [1.54, 1.807) is 0 Å². The summed E-state index contributed by atoms with van der Waals surface area (Å²) in [6.45, 7) is 8.00. The van der Waals surface area contributed by atoms with Crippen LogP contribution in [0.3, 0.4) is 0 Å². The van der Waals surface area contributed by atoms with E-state index < -0.39 is 5.72 Å². The SMILES string of the molecule is CC1(C)CNC(C)(c2ccc(Br)o2)OC1.Cl. The molecule has 0 bridgehead atoms. The van der Waals surface area contributed by atoms with Crippen LogP contribution in [-0.4, -0.2) is 13.2 Å². The van der Waals surface area contributed by atoms with E-state index in [0.717, 1.165) is 23.6 Å². The molecule has 1 aromatic heterocycles. The normalized spacial score (nSPS) is 28.5. The number of furan rings is 1. The summed E-state index contributed by atoms with van der Waals surface area (Å²) in [6, 6.07) is 3.81.